The maximum Gasteiger partial charge on any atom is 0.307 e. The second-order valence-electron chi connectivity index (χ2n) is 9.79. The number of rotatable bonds is 9. The van der Waals surface area contributed by atoms with E-state index in [1.807, 2.05) is 26.8 Å². The zero-order valence-electron chi connectivity index (χ0n) is 20.8. The summed E-state index contributed by atoms with van der Waals surface area (Å²) in [6.07, 6.45) is 0.992. The number of imide groups is 1. The Morgan fingerprint density at radius 3 is 2.31 bits per heavy atom. The van der Waals surface area contributed by atoms with Gasteiger partial charge < -0.3 is 19.7 Å². The summed E-state index contributed by atoms with van der Waals surface area (Å²) < 4.78 is 5.37. The van der Waals surface area contributed by atoms with Gasteiger partial charge in [0, 0.05) is 51.9 Å². The fourth-order valence-corrected chi connectivity index (χ4v) is 4.28. The molecule has 0 radical (unpaired) electrons. The van der Waals surface area contributed by atoms with Gasteiger partial charge in [-0.1, -0.05) is 0 Å². The number of piperazine rings is 1. The molecular formula is C25H34N4O6. The highest BCUT2D eigenvalue weighted by Gasteiger charge is 2.40. The van der Waals surface area contributed by atoms with E-state index in [4.69, 9.17) is 4.74 Å². The van der Waals surface area contributed by atoms with Gasteiger partial charge >= 0.3 is 5.97 Å². The molecule has 1 fully saturated rings. The largest absolute Gasteiger partial charge is 0.460 e. The summed E-state index contributed by atoms with van der Waals surface area (Å²) in [6, 6.07) is 4.15. The molecule has 1 N–H and O–H groups in total. The molecule has 2 aliphatic heterocycles. The number of carbonyl (C=O) groups excluding carboxylic acids is 5. The van der Waals surface area contributed by atoms with Crippen molar-refractivity contribution in [3.63, 3.8) is 0 Å². The molecule has 1 atom stereocenters. The van der Waals surface area contributed by atoms with Gasteiger partial charge in [-0.3, -0.25) is 29.0 Å². The fraction of sp³-hybridized carbons (Fsp3) is 0.560. The predicted molar refractivity (Wildman–Crippen MR) is 129 cm³/mol. The molecule has 190 valence electrons. The number of anilines is 1. The van der Waals surface area contributed by atoms with Crippen molar-refractivity contribution < 1.29 is 28.7 Å². The van der Waals surface area contributed by atoms with Crippen LogP contribution in [0.5, 0.6) is 0 Å². The van der Waals surface area contributed by atoms with E-state index < -0.39 is 23.5 Å². The summed E-state index contributed by atoms with van der Waals surface area (Å²) in [6.45, 7) is 9.10. The molecule has 2 aliphatic rings. The van der Waals surface area contributed by atoms with E-state index in [0.717, 1.165) is 23.7 Å². The minimum absolute atomic E-state index is 0.0385. The Bertz CT molecular complexity index is 994. The molecule has 1 aromatic carbocycles. The van der Waals surface area contributed by atoms with Gasteiger partial charge in [-0.15, -0.1) is 0 Å². The molecule has 10 nitrogen and oxygen atoms in total. The second-order valence-corrected chi connectivity index (χ2v) is 9.79. The second kappa shape index (κ2) is 11.0. The number of ether oxygens (including phenoxy) is 1. The Labute approximate surface area is 205 Å². The molecular weight excluding hydrogens is 452 g/mol. The van der Waals surface area contributed by atoms with Crippen molar-refractivity contribution in [1.29, 1.82) is 0 Å². The highest BCUT2D eigenvalue weighted by Crippen LogP contribution is 2.30. The number of aldehydes is 1. The van der Waals surface area contributed by atoms with Gasteiger partial charge in [0.25, 0.3) is 11.8 Å². The number of nitrogens with zero attached hydrogens (tertiary/aromatic N) is 3. The number of fused-ring (bicyclic) bond motifs is 1. The van der Waals surface area contributed by atoms with Crippen molar-refractivity contribution in [2.75, 3.05) is 44.7 Å². The first-order valence-electron chi connectivity index (χ1n) is 11.9. The van der Waals surface area contributed by atoms with Crippen LogP contribution < -0.4 is 10.2 Å². The number of carbonyl (C=O) groups is 5. The Morgan fingerprint density at radius 1 is 1.06 bits per heavy atom. The van der Waals surface area contributed by atoms with Gasteiger partial charge in [-0.2, -0.15) is 0 Å². The van der Waals surface area contributed by atoms with Gasteiger partial charge in [0.05, 0.1) is 23.6 Å². The first kappa shape index (κ1) is 26.3. The van der Waals surface area contributed by atoms with E-state index in [1.165, 1.54) is 7.05 Å². The number of nitrogens with one attached hydrogen (secondary N) is 1. The summed E-state index contributed by atoms with van der Waals surface area (Å²) >= 11 is 0. The first-order chi connectivity index (χ1) is 16.5. The molecule has 3 rings (SSSR count). The van der Waals surface area contributed by atoms with Gasteiger partial charge in [-0.05, 0) is 45.4 Å². The topological polar surface area (TPSA) is 116 Å². The summed E-state index contributed by atoms with van der Waals surface area (Å²) in [5, 5.41) is 2.47. The lowest BCUT2D eigenvalue weighted by atomic mass is 10.1. The van der Waals surface area contributed by atoms with E-state index in [2.05, 4.69) is 15.1 Å². The van der Waals surface area contributed by atoms with E-state index in [1.54, 1.807) is 12.1 Å². The lowest BCUT2D eigenvalue weighted by Crippen LogP contribution is -2.47. The minimum Gasteiger partial charge on any atom is -0.460 e. The zero-order chi connectivity index (χ0) is 25.8. The summed E-state index contributed by atoms with van der Waals surface area (Å²) in [7, 11) is 1.49. The number of amides is 3. The lowest BCUT2D eigenvalue weighted by molar-refractivity contribution is -0.155. The van der Waals surface area contributed by atoms with Crippen molar-refractivity contribution in [1.82, 2.24) is 15.1 Å². The van der Waals surface area contributed by atoms with Crippen LogP contribution in [0.2, 0.25) is 0 Å². The van der Waals surface area contributed by atoms with Crippen molar-refractivity contribution in [3.05, 3.63) is 29.3 Å². The average Bonchev–Trinajstić information content (AvgIpc) is 3.07. The van der Waals surface area contributed by atoms with Crippen molar-refractivity contribution >= 4 is 35.7 Å². The molecule has 1 saturated heterocycles. The van der Waals surface area contributed by atoms with Crippen LogP contribution in [0.1, 0.15) is 60.7 Å². The van der Waals surface area contributed by atoms with Crippen LogP contribution in [0.4, 0.5) is 5.69 Å². The Kier molecular flexibility index (Phi) is 8.26. The van der Waals surface area contributed by atoms with Crippen LogP contribution >= 0.6 is 0 Å². The maximum absolute atomic E-state index is 13.0. The molecule has 1 unspecified atom stereocenters. The van der Waals surface area contributed by atoms with Crippen molar-refractivity contribution in [2.45, 2.75) is 51.7 Å². The van der Waals surface area contributed by atoms with Crippen LogP contribution in [0.15, 0.2) is 18.2 Å². The Hall–Kier alpha value is -3.27. The third-order valence-electron chi connectivity index (χ3n) is 6.13. The number of hydrogen-bond donors (Lipinski definition) is 1. The molecule has 0 saturated carbocycles. The van der Waals surface area contributed by atoms with Crippen molar-refractivity contribution in [2.24, 2.45) is 0 Å². The molecule has 10 heteroatoms. The smallest absolute Gasteiger partial charge is 0.307 e. The molecule has 0 aromatic heterocycles. The number of esters is 1. The Morgan fingerprint density at radius 2 is 1.71 bits per heavy atom. The third-order valence-corrected chi connectivity index (χ3v) is 6.13. The van der Waals surface area contributed by atoms with E-state index in [9.17, 15) is 24.0 Å². The molecule has 1 aromatic rings. The van der Waals surface area contributed by atoms with Gasteiger partial charge in [0.1, 0.15) is 11.9 Å². The highest BCUT2D eigenvalue weighted by atomic mass is 16.6. The van der Waals surface area contributed by atoms with Gasteiger partial charge in [0.2, 0.25) is 5.91 Å². The van der Waals surface area contributed by atoms with Crippen LogP contribution in [0.25, 0.3) is 0 Å². The molecule has 0 spiro atoms. The quantitative estimate of drug-likeness (QED) is 0.315. The summed E-state index contributed by atoms with van der Waals surface area (Å²) in [5.74, 6) is -1.51. The fourth-order valence-electron chi connectivity index (χ4n) is 4.28. The SMILES string of the molecule is CNC(=O)CCC(C=O)N1C(=O)c2ccc(N3CCN(CCC(=O)OC(C)(C)C)CC3)cc2C1=O. The average molecular weight is 487 g/mol. The Balaban J connectivity index is 1.60. The monoisotopic (exact) mass is 486 g/mol. The first-order valence-corrected chi connectivity index (χ1v) is 11.9. The number of hydrogen-bond acceptors (Lipinski definition) is 8. The van der Waals surface area contributed by atoms with Crippen LogP contribution in [0, 0.1) is 0 Å². The standard InChI is InChI=1S/C25H34N4O6/c1-25(2,3)35-22(32)9-10-27-11-13-28(14-12-27)17-5-7-19-20(15-17)24(34)29(23(19)33)18(16-30)6-8-21(31)26-4/h5,7,15-16,18H,6,8-14H2,1-4H3,(H,26,31). The van der Waals surface area contributed by atoms with E-state index in [0.29, 0.717) is 32.3 Å². The minimum atomic E-state index is -0.989. The normalized spacial score (nSPS) is 17.3. The van der Waals surface area contributed by atoms with Crippen LogP contribution in [-0.4, -0.2) is 91.2 Å². The number of benzene rings is 1. The molecule has 2 heterocycles. The third kappa shape index (κ3) is 6.45. The zero-order valence-corrected chi connectivity index (χ0v) is 20.8. The van der Waals surface area contributed by atoms with Gasteiger partial charge in [0.15, 0.2) is 0 Å². The lowest BCUT2D eigenvalue weighted by Gasteiger charge is -2.36. The molecule has 0 bridgehead atoms. The summed E-state index contributed by atoms with van der Waals surface area (Å²) in [5.41, 5.74) is 0.868. The van der Waals surface area contributed by atoms with Gasteiger partial charge in [-0.25, -0.2) is 0 Å². The van der Waals surface area contributed by atoms with Crippen LogP contribution in [0.3, 0.4) is 0 Å². The maximum atomic E-state index is 13.0. The summed E-state index contributed by atoms with van der Waals surface area (Å²) in [4.78, 5) is 66.3. The molecule has 35 heavy (non-hydrogen) atoms. The van der Waals surface area contributed by atoms with Crippen molar-refractivity contribution in [3.8, 4) is 0 Å². The predicted octanol–water partition coefficient (Wildman–Crippen LogP) is 1.23. The molecule has 3 amide bonds. The highest BCUT2D eigenvalue weighted by molar-refractivity contribution is 6.22. The molecule has 0 aliphatic carbocycles. The van der Waals surface area contributed by atoms with E-state index >= 15 is 0 Å². The van der Waals surface area contributed by atoms with Crippen LogP contribution in [-0.2, 0) is 19.1 Å². The van der Waals surface area contributed by atoms with E-state index in [-0.39, 0.29) is 35.8 Å².